The average molecular weight is 404 g/mol. The molecule has 1 saturated heterocycles. The second-order valence-electron chi connectivity index (χ2n) is 8.42. The lowest BCUT2D eigenvalue weighted by atomic mass is 10.1. The van der Waals surface area contributed by atoms with Gasteiger partial charge in [0.15, 0.2) is 0 Å². The first-order valence-corrected chi connectivity index (χ1v) is 10.6. The third-order valence-electron chi connectivity index (χ3n) is 5.07. The maximum absolute atomic E-state index is 12.5. The summed E-state index contributed by atoms with van der Waals surface area (Å²) in [6.07, 6.45) is 2.27. The van der Waals surface area contributed by atoms with Crippen LogP contribution in [-0.4, -0.2) is 49.0 Å². The number of nitrogens with one attached hydrogen (secondary N) is 1. The van der Waals surface area contributed by atoms with Crippen molar-refractivity contribution in [2.75, 3.05) is 18.5 Å². The van der Waals surface area contributed by atoms with E-state index in [-0.39, 0.29) is 23.2 Å². The van der Waals surface area contributed by atoms with Crippen LogP contribution < -0.4 is 9.62 Å². The molecule has 4 rings (SSSR count). The molecule has 2 aliphatic rings. The third kappa shape index (κ3) is 3.44. The Morgan fingerprint density at radius 2 is 1.93 bits per heavy atom. The van der Waals surface area contributed by atoms with E-state index in [0.717, 1.165) is 34.5 Å². The molecule has 0 spiro atoms. The van der Waals surface area contributed by atoms with Crippen LogP contribution in [0.2, 0.25) is 0 Å². The number of hydrogen-bond acceptors (Lipinski definition) is 4. The zero-order chi connectivity index (χ0) is 20.2. The summed E-state index contributed by atoms with van der Waals surface area (Å²) in [6.45, 7) is 6.10. The van der Waals surface area contributed by atoms with E-state index in [1.54, 1.807) is 4.52 Å². The normalized spacial score (nSPS) is 19.1. The number of aromatic nitrogens is 2. The van der Waals surface area contributed by atoms with E-state index in [1.807, 2.05) is 32.9 Å². The van der Waals surface area contributed by atoms with Crippen LogP contribution in [0.3, 0.4) is 0 Å². The van der Waals surface area contributed by atoms with Gasteiger partial charge in [-0.15, -0.1) is 0 Å². The summed E-state index contributed by atoms with van der Waals surface area (Å²) in [6, 6.07) is 5.65. The zero-order valence-electron chi connectivity index (χ0n) is 16.6. The largest absolute Gasteiger partial charge is 0.332 e. The molecule has 1 aliphatic carbocycles. The Balaban J connectivity index is 1.70. The Morgan fingerprint density at radius 1 is 1.21 bits per heavy atom. The van der Waals surface area contributed by atoms with Crippen LogP contribution in [0.1, 0.15) is 50.8 Å². The van der Waals surface area contributed by atoms with Gasteiger partial charge in [-0.2, -0.15) is 5.10 Å². The van der Waals surface area contributed by atoms with Gasteiger partial charge in [-0.1, -0.05) is 0 Å². The number of likely N-dealkylation sites (N-methyl/N-ethyl adjacent to an activating group) is 1. The van der Waals surface area contributed by atoms with Gasteiger partial charge in [0, 0.05) is 7.05 Å². The van der Waals surface area contributed by atoms with Gasteiger partial charge < -0.3 is 0 Å². The number of carbonyl (C=O) groups is 2. The minimum atomic E-state index is -1.20. The fourth-order valence-corrected chi connectivity index (χ4v) is 3.93. The zero-order valence-corrected chi connectivity index (χ0v) is 17.4. The van der Waals surface area contributed by atoms with Gasteiger partial charge >= 0.3 is 6.03 Å². The molecule has 9 heteroatoms. The molecule has 1 N–H and O–H groups in total. The topological polar surface area (TPSA) is 87.0 Å². The summed E-state index contributed by atoms with van der Waals surface area (Å²) in [5.41, 5.74) is 2.76. The number of rotatable bonds is 5. The third-order valence-corrected chi connectivity index (χ3v) is 6.58. The molecule has 3 heterocycles. The summed E-state index contributed by atoms with van der Waals surface area (Å²) >= 11 is 0. The first-order valence-electron chi connectivity index (χ1n) is 9.41. The minimum Gasteiger partial charge on any atom is -0.272 e. The van der Waals surface area contributed by atoms with Crippen molar-refractivity contribution < 1.29 is 13.8 Å². The molecule has 2 aromatic rings. The van der Waals surface area contributed by atoms with Crippen LogP contribution in [-0.2, 0) is 22.3 Å². The lowest BCUT2D eigenvalue weighted by molar-refractivity contribution is -0.123. The van der Waals surface area contributed by atoms with Crippen molar-refractivity contribution in [3.8, 4) is 0 Å². The summed E-state index contributed by atoms with van der Waals surface area (Å²) in [4.78, 5) is 27.1. The molecule has 0 radical (unpaired) electrons. The number of pyridine rings is 1. The number of nitrogens with zero attached hydrogens (tertiary/aromatic N) is 4. The molecule has 8 nitrogen and oxygen atoms in total. The number of carbonyl (C=O) groups excluding carboxylic acids is 2. The summed E-state index contributed by atoms with van der Waals surface area (Å²) in [7, 11) is 0.294. The number of amides is 3. The minimum absolute atomic E-state index is 0.0139. The Labute approximate surface area is 166 Å². The van der Waals surface area contributed by atoms with E-state index < -0.39 is 11.0 Å². The second-order valence-corrected chi connectivity index (χ2v) is 10.5. The van der Waals surface area contributed by atoms with Crippen molar-refractivity contribution in [3.05, 3.63) is 29.5 Å². The van der Waals surface area contributed by atoms with Crippen LogP contribution in [0.15, 0.2) is 18.2 Å². The van der Waals surface area contributed by atoms with Crippen molar-refractivity contribution in [1.29, 1.82) is 0 Å². The SMILES string of the molecule is CN1C(=O)CN(c2cc(C3CC3)cc3cc(CN[S@](=O)C(C)(C)C)nn23)C1=O. The molecule has 0 bridgehead atoms. The van der Waals surface area contributed by atoms with Crippen molar-refractivity contribution in [2.45, 2.75) is 50.8 Å². The molecule has 2 fully saturated rings. The van der Waals surface area contributed by atoms with E-state index >= 15 is 0 Å². The summed E-state index contributed by atoms with van der Waals surface area (Å²) in [5, 5.41) is 4.61. The molecular weight excluding hydrogens is 378 g/mol. The Morgan fingerprint density at radius 3 is 2.50 bits per heavy atom. The lowest BCUT2D eigenvalue weighted by Gasteiger charge is -2.18. The quantitative estimate of drug-likeness (QED) is 0.775. The monoisotopic (exact) mass is 403 g/mol. The van der Waals surface area contributed by atoms with Gasteiger partial charge in [0.1, 0.15) is 12.4 Å². The highest BCUT2D eigenvalue weighted by atomic mass is 32.2. The van der Waals surface area contributed by atoms with Gasteiger partial charge in [-0.25, -0.2) is 18.2 Å². The molecule has 0 unspecified atom stereocenters. The number of hydrogen-bond donors (Lipinski definition) is 1. The first kappa shape index (κ1) is 19.1. The molecule has 2 aromatic heterocycles. The van der Waals surface area contributed by atoms with E-state index in [1.165, 1.54) is 11.9 Å². The van der Waals surface area contributed by atoms with Crippen LogP contribution in [0.4, 0.5) is 10.6 Å². The molecule has 1 aliphatic heterocycles. The van der Waals surface area contributed by atoms with Crippen LogP contribution in [0, 0.1) is 0 Å². The van der Waals surface area contributed by atoms with Gasteiger partial charge in [-0.05, 0) is 63.3 Å². The van der Waals surface area contributed by atoms with Gasteiger partial charge in [-0.3, -0.25) is 14.6 Å². The smallest absolute Gasteiger partial charge is 0.272 e. The number of fused-ring (bicyclic) bond motifs is 1. The number of urea groups is 1. The fourth-order valence-electron chi connectivity index (χ4n) is 3.22. The van der Waals surface area contributed by atoms with Gasteiger partial charge in [0.2, 0.25) is 0 Å². The van der Waals surface area contributed by atoms with Crippen molar-refractivity contribution in [1.82, 2.24) is 19.2 Å². The summed E-state index contributed by atoms with van der Waals surface area (Å²) in [5.74, 6) is 0.870. The van der Waals surface area contributed by atoms with Crippen molar-refractivity contribution in [2.24, 2.45) is 0 Å². The lowest BCUT2D eigenvalue weighted by Crippen LogP contribution is -2.33. The Kier molecular flexibility index (Phi) is 4.54. The predicted molar refractivity (Wildman–Crippen MR) is 107 cm³/mol. The molecule has 1 saturated carbocycles. The maximum atomic E-state index is 12.5. The van der Waals surface area contributed by atoms with Crippen LogP contribution >= 0.6 is 0 Å². The number of imide groups is 1. The summed E-state index contributed by atoms with van der Waals surface area (Å²) < 4.78 is 16.6. The molecule has 0 aromatic carbocycles. The highest BCUT2D eigenvalue weighted by Crippen LogP contribution is 2.42. The van der Waals surface area contributed by atoms with E-state index in [2.05, 4.69) is 15.9 Å². The van der Waals surface area contributed by atoms with Crippen LogP contribution in [0.25, 0.3) is 5.52 Å². The van der Waals surface area contributed by atoms with Crippen molar-refractivity contribution >= 4 is 34.3 Å². The van der Waals surface area contributed by atoms with Crippen molar-refractivity contribution in [3.63, 3.8) is 0 Å². The fraction of sp³-hybridized carbons (Fsp3) is 0.526. The first-order chi connectivity index (χ1) is 13.1. The van der Waals surface area contributed by atoms with Crippen LogP contribution in [0.5, 0.6) is 0 Å². The average Bonchev–Trinajstić information content (AvgIpc) is 3.35. The van der Waals surface area contributed by atoms with E-state index in [0.29, 0.717) is 18.3 Å². The number of anilines is 1. The molecule has 3 amide bonds. The Hall–Kier alpha value is -2.26. The van der Waals surface area contributed by atoms with E-state index in [4.69, 9.17) is 0 Å². The molecule has 28 heavy (non-hydrogen) atoms. The molecule has 150 valence electrons. The maximum Gasteiger partial charge on any atom is 0.332 e. The molecular formula is C19H25N5O3S. The Bertz CT molecular complexity index is 989. The highest BCUT2D eigenvalue weighted by molar-refractivity contribution is 7.84. The predicted octanol–water partition coefficient (Wildman–Crippen LogP) is 2.16. The highest BCUT2D eigenvalue weighted by Gasteiger charge is 2.36. The van der Waals surface area contributed by atoms with E-state index in [9.17, 15) is 13.8 Å². The second kappa shape index (κ2) is 6.66. The van der Waals surface area contributed by atoms with Gasteiger partial charge in [0.05, 0.1) is 33.5 Å². The standard InChI is InChI=1S/C19H25N5O3S/c1-19(2,3)28(27)20-10-14-9-15-7-13(12-5-6-12)8-16(24(15)21-14)23-11-17(25)22(4)18(23)26/h7-9,12,20H,5-6,10-11H2,1-4H3/t28-/m1/s1. The molecule has 1 atom stereocenters. The van der Waals surface area contributed by atoms with Gasteiger partial charge in [0.25, 0.3) is 5.91 Å².